The van der Waals surface area contributed by atoms with Crippen LogP contribution in [0, 0.1) is 6.92 Å². The summed E-state index contributed by atoms with van der Waals surface area (Å²) in [7, 11) is 0. The lowest BCUT2D eigenvalue weighted by molar-refractivity contribution is -0.0261. The molecule has 0 spiro atoms. The standard InChI is InChI=1S/C13H22N2O3/c1-8(17)7-18-12(6-16)4-10-3-11(14)5-13(15)9(10)2/h3,5,8,12,16-17H,4,6-7,14-15H2,1-2H3. The molecule has 0 saturated carbocycles. The predicted molar refractivity (Wildman–Crippen MR) is 72.2 cm³/mol. The highest BCUT2D eigenvalue weighted by Gasteiger charge is 2.13. The van der Waals surface area contributed by atoms with Crippen LogP contribution in [0.3, 0.4) is 0 Å². The minimum Gasteiger partial charge on any atom is -0.399 e. The fraction of sp³-hybridized carbons (Fsp3) is 0.538. The summed E-state index contributed by atoms with van der Waals surface area (Å²) in [5, 5.41) is 18.4. The summed E-state index contributed by atoms with van der Waals surface area (Å²) < 4.78 is 5.41. The summed E-state index contributed by atoms with van der Waals surface area (Å²) in [6, 6.07) is 3.55. The first-order valence-electron chi connectivity index (χ1n) is 5.99. The van der Waals surface area contributed by atoms with E-state index in [1.54, 1.807) is 13.0 Å². The molecule has 6 N–H and O–H groups in total. The summed E-state index contributed by atoms with van der Waals surface area (Å²) in [5.74, 6) is 0. The van der Waals surface area contributed by atoms with Gasteiger partial charge in [0.05, 0.1) is 25.4 Å². The third-order valence-electron chi connectivity index (χ3n) is 2.80. The summed E-state index contributed by atoms with van der Waals surface area (Å²) in [6.07, 6.45) is -0.393. The summed E-state index contributed by atoms with van der Waals surface area (Å²) in [4.78, 5) is 0. The zero-order chi connectivity index (χ0) is 13.7. The van der Waals surface area contributed by atoms with Gasteiger partial charge < -0.3 is 26.4 Å². The molecule has 5 heteroatoms. The van der Waals surface area contributed by atoms with Crippen LogP contribution in [0.5, 0.6) is 0 Å². The fourth-order valence-corrected chi connectivity index (χ4v) is 1.73. The molecule has 0 saturated heterocycles. The molecule has 1 aromatic rings. The van der Waals surface area contributed by atoms with Gasteiger partial charge in [0.25, 0.3) is 0 Å². The van der Waals surface area contributed by atoms with Gasteiger partial charge in [0.1, 0.15) is 0 Å². The van der Waals surface area contributed by atoms with Gasteiger partial charge in [0, 0.05) is 17.8 Å². The first kappa shape index (κ1) is 14.8. The highest BCUT2D eigenvalue weighted by atomic mass is 16.5. The predicted octanol–water partition coefficient (Wildman–Crippen LogP) is 0.460. The Morgan fingerprint density at radius 2 is 2.00 bits per heavy atom. The fourth-order valence-electron chi connectivity index (χ4n) is 1.73. The van der Waals surface area contributed by atoms with E-state index in [1.165, 1.54) is 0 Å². The number of anilines is 2. The maximum Gasteiger partial charge on any atom is 0.0847 e. The van der Waals surface area contributed by atoms with E-state index in [9.17, 15) is 5.11 Å². The second kappa shape index (κ2) is 6.58. The number of benzene rings is 1. The normalized spacial score (nSPS) is 14.4. The van der Waals surface area contributed by atoms with E-state index < -0.39 is 6.10 Å². The Kier molecular flexibility index (Phi) is 5.40. The highest BCUT2D eigenvalue weighted by molar-refractivity contribution is 5.60. The number of hydrogen-bond donors (Lipinski definition) is 4. The van der Waals surface area contributed by atoms with Crippen molar-refractivity contribution in [1.82, 2.24) is 0 Å². The summed E-state index contributed by atoms with van der Waals surface area (Å²) in [6.45, 7) is 3.63. The molecule has 1 rings (SSSR count). The van der Waals surface area contributed by atoms with Crippen molar-refractivity contribution in [1.29, 1.82) is 0 Å². The van der Waals surface area contributed by atoms with E-state index in [4.69, 9.17) is 21.3 Å². The lowest BCUT2D eigenvalue weighted by Crippen LogP contribution is -2.25. The Balaban J connectivity index is 2.75. The van der Waals surface area contributed by atoms with Crippen LogP contribution in [0.2, 0.25) is 0 Å². The molecule has 0 radical (unpaired) electrons. The second-order valence-electron chi connectivity index (χ2n) is 4.59. The van der Waals surface area contributed by atoms with Crippen LogP contribution in [0.4, 0.5) is 11.4 Å². The van der Waals surface area contributed by atoms with Crippen LogP contribution in [-0.2, 0) is 11.2 Å². The average Bonchev–Trinajstić information content (AvgIpc) is 2.30. The van der Waals surface area contributed by atoms with Crippen molar-refractivity contribution in [2.24, 2.45) is 0 Å². The molecular weight excluding hydrogens is 232 g/mol. The maximum absolute atomic E-state index is 9.26. The number of nitrogens with two attached hydrogens (primary N) is 2. The third kappa shape index (κ3) is 4.18. The van der Waals surface area contributed by atoms with Gasteiger partial charge in [-0.2, -0.15) is 0 Å². The quantitative estimate of drug-likeness (QED) is 0.552. The lowest BCUT2D eigenvalue weighted by atomic mass is 10.0. The molecule has 0 amide bonds. The molecule has 1 aromatic carbocycles. The topological polar surface area (TPSA) is 102 Å². The number of aliphatic hydroxyl groups excluding tert-OH is 2. The van der Waals surface area contributed by atoms with Crippen LogP contribution in [0.25, 0.3) is 0 Å². The van der Waals surface area contributed by atoms with Crippen molar-refractivity contribution in [3.8, 4) is 0 Å². The Labute approximate surface area is 107 Å². The van der Waals surface area contributed by atoms with Gasteiger partial charge in [-0.15, -0.1) is 0 Å². The molecule has 0 aliphatic carbocycles. The van der Waals surface area contributed by atoms with E-state index in [2.05, 4.69) is 0 Å². The largest absolute Gasteiger partial charge is 0.399 e. The highest BCUT2D eigenvalue weighted by Crippen LogP contribution is 2.22. The first-order valence-corrected chi connectivity index (χ1v) is 5.99. The minimum absolute atomic E-state index is 0.110. The van der Waals surface area contributed by atoms with E-state index >= 15 is 0 Å². The first-order chi connectivity index (χ1) is 8.43. The van der Waals surface area contributed by atoms with Crippen molar-refractivity contribution < 1.29 is 14.9 Å². The third-order valence-corrected chi connectivity index (χ3v) is 2.80. The van der Waals surface area contributed by atoms with E-state index in [0.717, 1.165) is 11.1 Å². The smallest absolute Gasteiger partial charge is 0.0847 e. The van der Waals surface area contributed by atoms with Gasteiger partial charge in [-0.25, -0.2) is 0 Å². The Morgan fingerprint density at radius 1 is 1.33 bits per heavy atom. The van der Waals surface area contributed by atoms with Crippen LogP contribution >= 0.6 is 0 Å². The molecule has 0 aliphatic heterocycles. The zero-order valence-electron chi connectivity index (χ0n) is 10.9. The van der Waals surface area contributed by atoms with Crippen LogP contribution < -0.4 is 11.5 Å². The minimum atomic E-state index is -0.550. The maximum atomic E-state index is 9.26. The van der Waals surface area contributed by atoms with Crippen LogP contribution in [0.15, 0.2) is 12.1 Å². The average molecular weight is 254 g/mol. The van der Waals surface area contributed by atoms with Gasteiger partial charge >= 0.3 is 0 Å². The molecule has 0 bridgehead atoms. The lowest BCUT2D eigenvalue weighted by Gasteiger charge is -2.18. The van der Waals surface area contributed by atoms with Gasteiger partial charge in [-0.3, -0.25) is 0 Å². The van der Waals surface area contributed by atoms with Gasteiger partial charge in [0.15, 0.2) is 0 Å². The second-order valence-corrected chi connectivity index (χ2v) is 4.59. The number of aliphatic hydroxyl groups is 2. The molecule has 0 fully saturated rings. The number of nitrogen functional groups attached to an aromatic ring is 2. The molecule has 5 nitrogen and oxygen atoms in total. The van der Waals surface area contributed by atoms with Gasteiger partial charge in [-0.1, -0.05) is 0 Å². The zero-order valence-corrected chi connectivity index (χ0v) is 10.9. The van der Waals surface area contributed by atoms with Crippen molar-refractivity contribution >= 4 is 11.4 Å². The Bertz CT molecular complexity index is 394. The van der Waals surface area contributed by atoms with Gasteiger partial charge in [-0.05, 0) is 37.1 Å². The van der Waals surface area contributed by atoms with Crippen molar-refractivity contribution in [3.05, 3.63) is 23.3 Å². The van der Waals surface area contributed by atoms with E-state index in [1.807, 2.05) is 13.0 Å². The molecule has 2 atom stereocenters. The Morgan fingerprint density at radius 3 is 2.56 bits per heavy atom. The van der Waals surface area contributed by atoms with Crippen LogP contribution in [0.1, 0.15) is 18.1 Å². The molecule has 102 valence electrons. The summed E-state index contributed by atoms with van der Waals surface area (Å²) in [5.41, 5.74) is 14.7. The SMILES string of the molecule is Cc1c(N)cc(N)cc1CC(CO)OCC(C)O. The van der Waals surface area contributed by atoms with Crippen LogP contribution in [-0.4, -0.2) is 35.6 Å². The van der Waals surface area contributed by atoms with Crippen molar-refractivity contribution in [2.45, 2.75) is 32.5 Å². The van der Waals surface area contributed by atoms with Gasteiger partial charge in [0.2, 0.25) is 0 Å². The molecule has 0 heterocycles. The molecule has 2 unspecified atom stereocenters. The molecule has 18 heavy (non-hydrogen) atoms. The molecule has 0 aliphatic rings. The molecule has 0 aromatic heterocycles. The summed E-state index contributed by atoms with van der Waals surface area (Å²) >= 11 is 0. The monoisotopic (exact) mass is 254 g/mol. The van der Waals surface area contributed by atoms with Crippen molar-refractivity contribution in [2.75, 3.05) is 24.7 Å². The number of hydrogen-bond acceptors (Lipinski definition) is 5. The number of rotatable bonds is 6. The van der Waals surface area contributed by atoms with E-state index in [0.29, 0.717) is 17.8 Å². The molecular formula is C13H22N2O3. The van der Waals surface area contributed by atoms with Crippen molar-refractivity contribution in [3.63, 3.8) is 0 Å². The number of ether oxygens (including phenoxy) is 1. The Hall–Kier alpha value is -1.30. The van der Waals surface area contributed by atoms with E-state index in [-0.39, 0.29) is 19.3 Å².